The largest absolute Gasteiger partial charge is 0.497 e. The molecule has 0 radical (unpaired) electrons. The van der Waals surface area contributed by atoms with Crippen molar-refractivity contribution in [2.75, 3.05) is 32.1 Å². The molecule has 5 rings (SSSR count). The van der Waals surface area contributed by atoms with Crippen molar-refractivity contribution in [2.45, 2.75) is 32.8 Å². The highest BCUT2D eigenvalue weighted by atomic mass is 16.5. The number of nitrogens with zero attached hydrogens (tertiary/aromatic N) is 3. The maximum Gasteiger partial charge on any atom is 0.254 e. The van der Waals surface area contributed by atoms with E-state index in [4.69, 9.17) is 14.5 Å². The van der Waals surface area contributed by atoms with Crippen molar-refractivity contribution < 1.29 is 19.1 Å². The van der Waals surface area contributed by atoms with Crippen molar-refractivity contribution in [3.63, 3.8) is 0 Å². The van der Waals surface area contributed by atoms with Crippen molar-refractivity contribution in [1.29, 1.82) is 0 Å². The number of amides is 2. The summed E-state index contributed by atoms with van der Waals surface area (Å²) in [5.41, 5.74) is 5.29. The molecular formula is C32H34N4O4. The van der Waals surface area contributed by atoms with Crippen molar-refractivity contribution in [1.82, 2.24) is 14.5 Å². The van der Waals surface area contributed by atoms with Gasteiger partial charge in [-0.05, 0) is 57.0 Å². The van der Waals surface area contributed by atoms with Gasteiger partial charge in [0.25, 0.3) is 5.91 Å². The van der Waals surface area contributed by atoms with Gasteiger partial charge in [-0.2, -0.15) is 0 Å². The van der Waals surface area contributed by atoms with E-state index < -0.39 is 0 Å². The third-order valence-electron chi connectivity index (χ3n) is 7.00. The van der Waals surface area contributed by atoms with Crippen molar-refractivity contribution in [3.05, 3.63) is 95.7 Å². The zero-order valence-corrected chi connectivity index (χ0v) is 23.1. The number of carbonyl (C=O) groups excluding carboxylic acids is 2. The smallest absolute Gasteiger partial charge is 0.254 e. The molecule has 1 aromatic heterocycles. The molecule has 206 valence electrons. The second-order valence-corrected chi connectivity index (χ2v) is 10.1. The van der Waals surface area contributed by atoms with Gasteiger partial charge in [0.05, 0.1) is 18.9 Å². The number of nitrogens with one attached hydrogen (secondary N) is 1. The van der Waals surface area contributed by atoms with Gasteiger partial charge in [-0.15, -0.1) is 0 Å². The molecule has 2 amide bonds. The van der Waals surface area contributed by atoms with Crippen LogP contribution >= 0.6 is 0 Å². The molecule has 0 saturated carbocycles. The Labute approximate surface area is 234 Å². The molecule has 1 N–H and O–H groups in total. The first kappa shape index (κ1) is 27.1. The number of hydrogen-bond donors (Lipinski definition) is 1. The van der Waals surface area contributed by atoms with Crippen LogP contribution in [0.2, 0.25) is 0 Å². The van der Waals surface area contributed by atoms with Gasteiger partial charge in [0.1, 0.15) is 12.3 Å². The maximum absolute atomic E-state index is 13.5. The van der Waals surface area contributed by atoms with Gasteiger partial charge in [0, 0.05) is 36.2 Å². The summed E-state index contributed by atoms with van der Waals surface area (Å²) in [5.74, 6) is 0.363. The average molecular weight is 539 g/mol. The fraction of sp³-hybridized carbons (Fsp3) is 0.281. The third-order valence-corrected chi connectivity index (χ3v) is 7.00. The molecule has 8 heteroatoms. The normalized spacial score (nSPS) is 14.6. The minimum atomic E-state index is -0.344. The molecule has 0 bridgehead atoms. The maximum atomic E-state index is 13.5. The summed E-state index contributed by atoms with van der Waals surface area (Å²) in [5, 5.41) is 2.96. The predicted octanol–water partition coefficient (Wildman–Crippen LogP) is 5.42. The Morgan fingerprint density at radius 2 is 1.77 bits per heavy atom. The van der Waals surface area contributed by atoms with Crippen LogP contribution in [0.1, 0.15) is 34.3 Å². The monoisotopic (exact) mass is 538 g/mol. The molecule has 1 aliphatic heterocycles. The van der Waals surface area contributed by atoms with Crippen LogP contribution in [-0.2, 0) is 9.53 Å². The van der Waals surface area contributed by atoms with Crippen LogP contribution in [-0.4, -0.2) is 59.2 Å². The second-order valence-electron chi connectivity index (χ2n) is 10.1. The molecule has 0 spiro atoms. The van der Waals surface area contributed by atoms with E-state index in [-0.39, 0.29) is 24.5 Å². The lowest BCUT2D eigenvalue weighted by Gasteiger charge is -2.25. The Bertz CT molecular complexity index is 1470. The molecular weight excluding hydrogens is 504 g/mol. The Morgan fingerprint density at radius 1 is 1.05 bits per heavy atom. The summed E-state index contributed by atoms with van der Waals surface area (Å²) < 4.78 is 13.0. The molecule has 1 fully saturated rings. The minimum absolute atomic E-state index is 0.106. The van der Waals surface area contributed by atoms with Gasteiger partial charge in [-0.1, -0.05) is 53.6 Å². The Hall–Kier alpha value is -4.43. The summed E-state index contributed by atoms with van der Waals surface area (Å²) in [6.45, 7) is 4.91. The van der Waals surface area contributed by atoms with Gasteiger partial charge < -0.3 is 14.4 Å². The molecule has 40 heavy (non-hydrogen) atoms. The lowest BCUT2D eigenvalue weighted by Crippen LogP contribution is -2.42. The zero-order chi connectivity index (χ0) is 28.1. The number of rotatable bonds is 9. The van der Waals surface area contributed by atoms with E-state index in [9.17, 15) is 9.59 Å². The molecule has 8 nitrogen and oxygen atoms in total. The van der Waals surface area contributed by atoms with E-state index in [1.165, 1.54) is 0 Å². The highest BCUT2D eigenvalue weighted by molar-refractivity contribution is 5.99. The van der Waals surface area contributed by atoms with Crippen LogP contribution in [0, 0.1) is 13.8 Å². The summed E-state index contributed by atoms with van der Waals surface area (Å²) in [7, 11) is 1.56. The molecule has 4 aromatic rings. The van der Waals surface area contributed by atoms with Gasteiger partial charge in [-0.25, -0.2) is 4.98 Å². The number of benzene rings is 3. The van der Waals surface area contributed by atoms with Crippen LogP contribution in [0.25, 0.3) is 16.9 Å². The van der Waals surface area contributed by atoms with Gasteiger partial charge in [0.2, 0.25) is 11.9 Å². The van der Waals surface area contributed by atoms with Gasteiger partial charge in [-0.3, -0.25) is 19.5 Å². The minimum Gasteiger partial charge on any atom is -0.497 e. The number of aryl methyl sites for hydroxylation is 2. The van der Waals surface area contributed by atoms with E-state index in [0.717, 1.165) is 40.9 Å². The quantitative estimate of drug-likeness (QED) is 0.307. The highest BCUT2D eigenvalue weighted by Crippen LogP contribution is 2.25. The lowest BCUT2D eigenvalue weighted by molar-refractivity contribution is -0.117. The molecule has 1 saturated heterocycles. The summed E-state index contributed by atoms with van der Waals surface area (Å²) in [4.78, 5) is 33.3. The lowest BCUT2D eigenvalue weighted by atomic mass is 10.1. The van der Waals surface area contributed by atoms with Crippen LogP contribution in [0.3, 0.4) is 0 Å². The van der Waals surface area contributed by atoms with Crippen LogP contribution in [0.4, 0.5) is 5.95 Å². The summed E-state index contributed by atoms with van der Waals surface area (Å²) in [6, 6.07) is 23.1. The van der Waals surface area contributed by atoms with Crippen molar-refractivity contribution in [2.24, 2.45) is 0 Å². The molecule has 1 atom stereocenters. The van der Waals surface area contributed by atoms with E-state index >= 15 is 0 Å². The summed E-state index contributed by atoms with van der Waals surface area (Å²) >= 11 is 0. The number of aromatic nitrogens is 2. The molecule has 0 unspecified atom stereocenters. The van der Waals surface area contributed by atoms with Crippen molar-refractivity contribution in [3.8, 4) is 22.7 Å². The molecule has 2 heterocycles. The topological polar surface area (TPSA) is 85.7 Å². The first-order chi connectivity index (χ1) is 19.4. The fourth-order valence-corrected chi connectivity index (χ4v) is 4.76. The Morgan fingerprint density at radius 3 is 2.45 bits per heavy atom. The number of hydrogen-bond acceptors (Lipinski definition) is 5. The summed E-state index contributed by atoms with van der Waals surface area (Å²) in [6.07, 6.45) is 3.59. The first-order valence-electron chi connectivity index (χ1n) is 13.5. The Kier molecular flexibility index (Phi) is 8.26. The average Bonchev–Trinajstić information content (AvgIpc) is 3.63. The van der Waals surface area contributed by atoms with Gasteiger partial charge >= 0.3 is 0 Å². The van der Waals surface area contributed by atoms with Gasteiger partial charge in [0.15, 0.2) is 0 Å². The zero-order valence-electron chi connectivity index (χ0n) is 23.1. The van der Waals surface area contributed by atoms with E-state index in [1.54, 1.807) is 36.3 Å². The number of imidazole rings is 1. The third kappa shape index (κ3) is 6.40. The van der Waals surface area contributed by atoms with E-state index in [0.29, 0.717) is 30.4 Å². The number of anilines is 1. The number of carbonyl (C=O) groups is 2. The second kappa shape index (κ2) is 12.2. The molecule has 1 aliphatic rings. The SMILES string of the molecule is COc1cccc(C(=O)N(CC(=O)Nc2nc(-c3ccc(C)cc3)cn2-c2ccc(C)cc2)C[C@H]2CCCO2)c1. The Balaban J connectivity index is 1.41. The van der Waals surface area contributed by atoms with Crippen LogP contribution in [0.5, 0.6) is 5.75 Å². The molecule has 0 aliphatic carbocycles. The first-order valence-corrected chi connectivity index (χ1v) is 13.5. The van der Waals surface area contributed by atoms with Crippen LogP contribution in [0.15, 0.2) is 79.0 Å². The van der Waals surface area contributed by atoms with Crippen LogP contribution < -0.4 is 10.1 Å². The van der Waals surface area contributed by atoms with Crippen molar-refractivity contribution >= 4 is 17.8 Å². The standard InChI is InChI=1S/C32H34N4O4/c1-22-9-13-24(14-10-22)29-20-36(26-15-11-23(2)12-16-26)32(33-29)34-30(37)21-35(19-28-8-5-17-40-28)31(38)25-6-4-7-27(18-25)39-3/h4,6-7,9-16,18,20,28H,5,8,17,19,21H2,1-3H3,(H,33,34,37)/t28-/m1/s1. The number of ether oxygens (including phenoxy) is 2. The number of methoxy groups -OCH3 is 1. The fourth-order valence-electron chi connectivity index (χ4n) is 4.76. The van der Waals surface area contributed by atoms with E-state index in [1.807, 2.05) is 73.1 Å². The highest BCUT2D eigenvalue weighted by Gasteiger charge is 2.26. The molecule has 3 aromatic carbocycles. The van der Waals surface area contributed by atoms with E-state index in [2.05, 4.69) is 5.32 Å². The predicted molar refractivity (Wildman–Crippen MR) is 155 cm³/mol.